The number of benzene rings is 1. The second-order valence-corrected chi connectivity index (χ2v) is 4.06. The first kappa shape index (κ1) is 11.5. The van der Waals surface area contributed by atoms with Gasteiger partial charge < -0.3 is 9.72 Å². The van der Waals surface area contributed by atoms with Crippen LogP contribution >= 0.6 is 0 Å². The van der Waals surface area contributed by atoms with Crippen LogP contribution in [0.15, 0.2) is 29.3 Å². The Balaban J connectivity index is 2.36. The van der Waals surface area contributed by atoms with Crippen LogP contribution in [-0.2, 0) is 4.74 Å². The Bertz CT molecular complexity index is 832. The molecule has 1 aromatic carbocycles. The number of rotatable bonds is 2. The highest BCUT2D eigenvalue weighted by Gasteiger charge is 2.16. The maximum atomic E-state index is 12.4. The van der Waals surface area contributed by atoms with Crippen molar-refractivity contribution < 1.29 is 9.53 Å². The molecule has 3 rings (SSSR count). The van der Waals surface area contributed by atoms with Gasteiger partial charge in [-0.25, -0.2) is 4.79 Å². The molecule has 0 amide bonds. The second kappa shape index (κ2) is 4.24. The molecule has 0 fully saturated rings. The van der Waals surface area contributed by atoms with E-state index in [0.29, 0.717) is 16.4 Å². The molecule has 0 radical (unpaired) electrons. The Hall–Kier alpha value is -2.63. The van der Waals surface area contributed by atoms with Crippen LogP contribution in [0.3, 0.4) is 0 Å². The lowest BCUT2D eigenvalue weighted by Gasteiger charge is -2.03. The predicted molar refractivity (Wildman–Crippen MR) is 70.2 cm³/mol. The van der Waals surface area contributed by atoms with Crippen molar-refractivity contribution in [1.29, 1.82) is 0 Å². The lowest BCUT2D eigenvalue weighted by molar-refractivity contribution is 0.0524. The lowest BCUT2D eigenvalue weighted by atomic mass is 10.1. The minimum absolute atomic E-state index is 0.00940. The van der Waals surface area contributed by atoms with Gasteiger partial charge in [0.1, 0.15) is 11.1 Å². The molecule has 0 aliphatic rings. The van der Waals surface area contributed by atoms with E-state index >= 15 is 0 Å². The summed E-state index contributed by atoms with van der Waals surface area (Å²) in [5.74, 6) is -0.627. The van der Waals surface area contributed by atoms with Gasteiger partial charge in [0, 0.05) is 17.8 Å². The molecule has 96 valence electrons. The summed E-state index contributed by atoms with van der Waals surface area (Å²) in [6.45, 7) is 1.92. The van der Waals surface area contributed by atoms with Gasteiger partial charge in [0.2, 0.25) is 5.43 Å². The van der Waals surface area contributed by atoms with Crippen LogP contribution in [0.4, 0.5) is 0 Å². The van der Waals surface area contributed by atoms with Gasteiger partial charge in [-0.2, -0.15) is 5.10 Å². The number of nitrogens with one attached hydrogen (secondary N) is 2. The van der Waals surface area contributed by atoms with Crippen molar-refractivity contribution >= 4 is 27.8 Å². The van der Waals surface area contributed by atoms with Gasteiger partial charge in [0.25, 0.3) is 0 Å². The van der Waals surface area contributed by atoms with E-state index in [1.807, 2.05) is 6.07 Å². The van der Waals surface area contributed by atoms with Crippen molar-refractivity contribution in [1.82, 2.24) is 15.2 Å². The smallest absolute Gasteiger partial charge is 0.343 e. The minimum atomic E-state index is -0.627. The number of esters is 1. The van der Waals surface area contributed by atoms with Crippen molar-refractivity contribution in [3.8, 4) is 0 Å². The first-order valence-corrected chi connectivity index (χ1v) is 5.87. The highest BCUT2D eigenvalue weighted by atomic mass is 16.5. The van der Waals surface area contributed by atoms with E-state index in [9.17, 15) is 9.59 Å². The Morgan fingerprint density at radius 1 is 1.37 bits per heavy atom. The number of aromatic amines is 2. The van der Waals surface area contributed by atoms with E-state index in [1.165, 1.54) is 6.20 Å². The summed E-state index contributed by atoms with van der Waals surface area (Å²) in [6, 6.07) is 3.63. The Morgan fingerprint density at radius 3 is 3.00 bits per heavy atom. The molecule has 6 heteroatoms. The van der Waals surface area contributed by atoms with Gasteiger partial charge in [-0.3, -0.25) is 9.89 Å². The van der Waals surface area contributed by atoms with Crippen molar-refractivity contribution in [2.45, 2.75) is 6.92 Å². The first-order chi connectivity index (χ1) is 9.22. The van der Waals surface area contributed by atoms with Gasteiger partial charge in [0.05, 0.1) is 17.5 Å². The molecule has 3 aromatic rings. The third-order valence-electron chi connectivity index (χ3n) is 2.94. The fourth-order valence-electron chi connectivity index (χ4n) is 2.07. The molecular formula is C13H11N3O3. The van der Waals surface area contributed by atoms with E-state index in [4.69, 9.17) is 4.74 Å². The van der Waals surface area contributed by atoms with E-state index in [-0.39, 0.29) is 17.6 Å². The maximum absolute atomic E-state index is 12.4. The Morgan fingerprint density at radius 2 is 2.21 bits per heavy atom. The number of H-pyrrole nitrogens is 2. The topological polar surface area (TPSA) is 87.8 Å². The van der Waals surface area contributed by atoms with Gasteiger partial charge in [-0.1, -0.05) is 0 Å². The van der Waals surface area contributed by atoms with Gasteiger partial charge in [-0.15, -0.1) is 0 Å². The number of hydrogen-bond donors (Lipinski definition) is 2. The Labute approximate surface area is 107 Å². The summed E-state index contributed by atoms with van der Waals surface area (Å²) in [5.41, 5.74) is 0.803. The van der Waals surface area contributed by atoms with E-state index in [1.54, 1.807) is 19.2 Å². The van der Waals surface area contributed by atoms with Crippen molar-refractivity contribution in [2.24, 2.45) is 0 Å². The number of nitrogens with zero attached hydrogens (tertiary/aromatic N) is 1. The fourth-order valence-corrected chi connectivity index (χ4v) is 2.07. The van der Waals surface area contributed by atoms with E-state index < -0.39 is 5.97 Å². The molecule has 6 nitrogen and oxygen atoms in total. The quantitative estimate of drug-likeness (QED) is 0.682. The number of pyridine rings is 1. The number of carbonyl (C=O) groups is 1. The largest absolute Gasteiger partial charge is 0.462 e. The zero-order chi connectivity index (χ0) is 13.4. The summed E-state index contributed by atoms with van der Waals surface area (Å²) >= 11 is 0. The van der Waals surface area contributed by atoms with Gasteiger partial charge in [0.15, 0.2) is 0 Å². The summed E-state index contributed by atoms with van der Waals surface area (Å²) in [7, 11) is 0. The Kier molecular flexibility index (Phi) is 2.56. The highest BCUT2D eigenvalue weighted by molar-refractivity contribution is 6.05. The van der Waals surface area contributed by atoms with Crippen LogP contribution in [0.25, 0.3) is 21.8 Å². The molecular weight excluding hydrogens is 246 g/mol. The molecule has 2 heterocycles. The molecule has 0 aliphatic carbocycles. The maximum Gasteiger partial charge on any atom is 0.343 e. The molecule has 0 unspecified atom stereocenters. The number of aromatic nitrogens is 3. The van der Waals surface area contributed by atoms with E-state index in [0.717, 1.165) is 5.39 Å². The van der Waals surface area contributed by atoms with Gasteiger partial charge in [-0.05, 0) is 19.1 Å². The van der Waals surface area contributed by atoms with Crippen LogP contribution in [0.1, 0.15) is 17.3 Å². The molecule has 0 saturated heterocycles. The monoisotopic (exact) mass is 257 g/mol. The van der Waals surface area contributed by atoms with Gasteiger partial charge >= 0.3 is 5.97 Å². The number of ether oxygens (including phenoxy) is 1. The zero-order valence-corrected chi connectivity index (χ0v) is 10.2. The number of hydrogen-bond acceptors (Lipinski definition) is 4. The highest BCUT2D eigenvalue weighted by Crippen LogP contribution is 2.19. The molecule has 19 heavy (non-hydrogen) atoms. The minimum Gasteiger partial charge on any atom is -0.462 e. The average Bonchev–Trinajstić information content (AvgIpc) is 2.87. The molecule has 2 N–H and O–H groups in total. The number of fused-ring (bicyclic) bond motifs is 3. The summed E-state index contributed by atoms with van der Waals surface area (Å²) in [6.07, 6.45) is 3.08. The average molecular weight is 257 g/mol. The molecule has 0 aliphatic heterocycles. The van der Waals surface area contributed by atoms with Crippen LogP contribution < -0.4 is 5.43 Å². The zero-order valence-electron chi connectivity index (χ0n) is 10.2. The molecule has 0 saturated carbocycles. The van der Waals surface area contributed by atoms with Crippen molar-refractivity contribution in [3.63, 3.8) is 0 Å². The summed E-state index contributed by atoms with van der Waals surface area (Å²) < 4.78 is 4.86. The van der Waals surface area contributed by atoms with Crippen molar-refractivity contribution in [3.05, 3.63) is 40.3 Å². The summed E-state index contributed by atoms with van der Waals surface area (Å²) in [4.78, 5) is 27.0. The standard InChI is InChI=1S/C13H11N3O3/c1-2-19-13(18)8-6-14-9-4-3-7-5-15-16-11(7)10(9)12(8)17/h3-6H,2H2,1H3,(H,14,17)(H,15,16). The van der Waals surface area contributed by atoms with Crippen LogP contribution in [0.2, 0.25) is 0 Å². The van der Waals surface area contributed by atoms with Crippen LogP contribution in [0, 0.1) is 0 Å². The summed E-state index contributed by atoms with van der Waals surface area (Å²) in [5, 5.41) is 7.98. The lowest BCUT2D eigenvalue weighted by Crippen LogP contribution is -2.18. The molecule has 0 bridgehead atoms. The molecule has 0 spiro atoms. The fraction of sp³-hybridized carbons (Fsp3) is 0.154. The molecule has 2 aromatic heterocycles. The first-order valence-electron chi connectivity index (χ1n) is 5.87. The third kappa shape index (κ3) is 1.69. The third-order valence-corrected chi connectivity index (χ3v) is 2.94. The van der Waals surface area contributed by atoms with Crippen LogP contribution in [0.5, 0.6) is 0 Å². The molecule has 0 atom stereocenters. The number of carbonyl (C=O) groups excluding carboxylic acids is 1. The van der Waals surface area contributed by atoms with Crippen molar-refractivity contribution in [2.75, 3.05) is 6.61 Å². The van der Waals surface area contributed by atoms with E-state index in [2.05, 4.69) is 15.2 Å². The van der Waals surface area contributed by atoms with Crippen LogP contribution in [-0.4, -0.2) is 27.8 Å². The second-order valence-electron chi connectivity index (χ2n) is 4.06. The SMILES string of the molecule is CCOC(=O)c1c[nH]c2ccc3c[nH]nc3c2c1=O. The predicted octanol–water partition coefficient (Wildman–Crippen LogP) is 1.58. The normalized spacial score (nSPS) is 11.0.